The van der Waals surface area contributed by atoms with Gasteiger partial charge in [-0.05, 0) is 26.3 Å². The highest BCUT2D eigenvalue weighted by molar-refractivity contribution is 7.09. The normalized spacial score (nSPS) is 16.5. The van der Waals surface area contributed by atoms with Crippen molar-refractivity contribution >= 4 is 11.3 Å². The van der Waals surface area contributed by atoms with E-state index in [9.17, 15) is 0 Å². The van der Waals surface area contributed by atoms with E-state index in [1.54, 1.807) is 11.3 Å². The lowest BCUT2D eigenvalue weighted by atomic mass is 10.0. The molecule has 0 aliphatic carbocycles. The molecule has 25 heavy (non-hydrogen) atoms. The molecule has 2 heterocycles. The van der Waals surface area contributed by atoms with Crippen molar-refractivity contribution in [3.63, 3.8) is 0 Å². The van der Waals surface area contributed by atoms with Crippen molar-refractivity contribution in [3.8, 4) is 0 Å². The van der Waals surface area contributed by atoms with E-state index in [4.69, 9.17) is 4.74 Å². The minimum absolute atomic E-state index is 0.122. The second-order valence-corrected chi connectivity index (χ2v) is 8.34. The van der Waals surface area contributed by atoms with Crippen LogP contribution in [0.25, 0.3) is 0 Å². The van der Waals surface area contributed by atoms with Crippen LogP contribution in [0.1, 0.15) is 30.0 Å². The molecule has 1 fully saturated rings. The Morgan fingerprint density at radius 3 is 2.52 bits per heavy atom. The molecule has 2 aromatic rings. The lowest BCUT2D eigenvalue weighted by molar-refractivity contribution is -0.0234. The molecular weight excluding hydrogens is 330 g/mol. The fourth-order valence-electron chi connectivity index (χ4n) is 3.51. The van der Waals surface area contributed by atoms with Crippen molar-refractivity contribution < 1.29 is 4.74 Å². The summed E-state index contributed by atoms with van der Waals surface area (Å²) in [7, 11) is 0. The van der Waals surface area contributed by atoms with E-state index in [1.165, 1.54) is 10.4 Å². The van der Waals surface area contributed by atoms with Crippen LogP contribution in [0.5, 0.6) is 0 Å². The smallest absolute Gasteiger partial charge is 0.0798 e. The molecule has 0 saturated carbocycles. The maximum absolute atomic E-state index is 5.53. The highest BCUT2D eigenvalue weighted by Crippen LogP contribution is 2.23. The van der Waals surface area contributed by atoms with Gasteiger partial charge in [0.15, 0.2) is 0 Å². The minimum Gasteiger partial charge on any atom is -0.379 e. The van der Waals surface area contributed by atoms with Crippen molar-refractivity contribution in [2.75, 3.05) is 32.8 Å². The zero-order valence-electron chi connectivity index (χ0n) is 15.6. The zero-order chi connectivity index (χ0) is 17.7. The van der Waals surface area contributed by atoms with E-state index in [2.05, 4.69) is 65.9 Å². The number of thiazole rings is 1. The number of ether oxygens (including phenoxy) is 1. The fourth-order valence-corrected chi connectivity index (χ4v) is 4.32. The predicted molar refractivity (Wildman–Crippen MR) is 104 cm³/mol. The average molecular weight is 360 g/mol. The molecule has 0 bridgehead atoms. The van der Waals surface area contributed by atoms with E-state index in [0.29, 0.717) is 0 Å². The maximum atomic E-state index is 5.53. The minimum atomic E-state index is 0.122. The molecule has 5 heteroatoms. The molecule has 136 valence electrons. The highest BCUT2D eigenvalue weighted by Gasteiger charge is 2.30. The van der Waals surface area contributed by atoms with E-state index in [-0.39, 0.29) is 5.54 Å². The van der Waals surface area contributed by atoms with E-state index in [1.807, 2.05) is 5.51 Å². The van der Waals surface area contributed by atoms with Gasteiger partial charge in [-0.3, -0.25) is 9.80 Å². The SMILES string of the molecule is Cc1ncsc1CN(Cc1ccccc1)CC(C)(C)N1CCOCC1. The van der Waals surface area contributed by atoms with Gasteiger partial charge in [-0.2, -0.15) is 0 Å². The van der Waals surface area contributed by atoms with Gasteiger partial charge in [0.2, 0.25) is 0 Å². The van der Waals surface area contributed by atoms with E-state index < -0.39 is 0 Å². The molecule has 1 aliphatic rings. The lowest BCUT2D eigenvalue weighted by Crippen LogP contribution is -2.55. The van der Waals surface area contributed by atoms with Crippen molar-refractivity contribution in [2.24, 2.45) is 0 Å². The molecule has 3 rings (SSSR count). The number of hydrogen-bond acceptors (Lipinski definition) is 5. The second-order valence-electron chi connectivity index (χ2n) is 7.40. The zero-order valence-corrected chi connectivity index (χ0v) is 16.4. The quantitative estimate of drug-likeness (QED) is 0.756. The summed E-state index contributed by atoms with van der Waals surface area (Å²) in [6.07, 6.45) is 0. The molecule has 1 aromatic heterocycles. The Balaban J connectivity index is 1.73. The first-order chi connectivity index (χ1) is 12.0. The Hall–Kier alpha value is -1.27. The lowest BCUT2D eigenvalue weighted by Gasteiger charge is -2.43. The predicted octanol–water partition coefficient (Wildman–Crippen LogP) is 3.56. The van der Waals surface area contributed by atoms with Crippen molar-refractivity contribution in [2.45, 2.75) is 39.4 Å². The van der Waals surface area contributed by atoms with Crippen LogP contribution in [0.4, 0.5) is 0 Å². The first-order valence-electron chi connectivity index (χ1n) is 9.03. The van der Waals surface area contributed by atoms with Crippen LogP contribution in [0.2, 0.25) is 0 Å². The summed E-state index contributed by atoms with van der Waals surface area (Å²) < 4.78 is 5.53. The van der Waals surface area contributed by atoms with Crippen LogP contribution < -0.4 is 0 Å². The number of nitrogens with zero attached hydrogens (tertiary/aromatic N) is 3. The Labute approximate surface area is 155 Å². The van der Waals surface area contributed by atoms with E-state index >= 15 is 0 Å². The van der Waals surface area contributed by atoms with Crippen molar-refractivity contribution in [3.05, 3.63) is 52.0 Å². The van der Waals surface area contributed by atoms with E-state index in [0.717, 1.165) is 51.6 Å². The number of aryl methyl sites for hydroxylation is 1. The third-order valence-corrected chi connectivity index (χ3v) is 5.86. The Bertz CT molecular complexity index is 650. The summed E-state index contributed by atoms with van der Waals surface area (Å²) in [6, 6.07) is 10.8. The average Bonchev–Trinajstić information content (AvgIpc) is 3.01. The first kappa shape index (κ1) is 18.5. The largest absolute Gasteiger partial charge is 0.379 e. The van der Waals surface area contributed by atoms with Gasteiger partial charge in [-0.15, -0.1) is 11.3 Å². The van der Waals surface area contributed by atoms with Gasteiger partial charge >= 0.3 is 0 Å². The standard InChI is InChI=1S/C20H29N3OS/c1-17-19(25-16-21-17)14-22(13-18-7-5-4-6-8-18)15-20(2,3)23-9-11-24-12-10-23/h4-8,16H,9-15H2,1-3H3. The van der Waals surface area contributed by atoms with Crippen LogP contribution in [0.3, 0.4) is 0 Å². The summed E-state index contributed by atoms with van der Waals surface area (Å²) in [4.78, 5) is 10.9. The second kappa shape index (κ2) is 8.41. The highest BCUT2D eigenvalue weighted by atomic mass is 32.1. The Morgan fingerprint density at radius 2 is 1.88 bits per heavy atom. The van der Waals surface area contributed by atoms with Gasteiger partial charge in [-0.1, -0.05) is 30.3 Å². The Kier molecular flexibility index (Phi) is 6.23. The molecule has 1 saturated heterocycles. The van der Waals surface area contributed by atoms with Crippen LogP contribution in [-0.2, 0) is 17.8 Å². The van der Waals surface area contributed by atoms with Gasteiger partial charge in [-0.25, -0.2) is 4.98 Å². The Morgan fingerprint density at radius 1 is 1.16 bits per heavy atom. The first-order valence-corrected chi connectivity index (χ1v) is 9.90. The van der Waals surface area contributed by atoms with Crippen LogP contribution in [-0.4, -0.2) is 53.2 Å². The molecule has 0 N–H and O–H groups in total. The number of morpholine rings is 1. The van der Waals surface area contributed by atoms with Crippen LogP contribution >= 0.6 is 11.3 Å². The summed E-state index contributed by atoms with van der Waals surface area (Å²) in [5.74, 6) is 0. The van der Waals surface area contributed by atoms with Crippen molar-refractivity contribution in [1.29, 1.82) is 0 Å². The molecule has 0 radical (unpaired) electrons. The summed E-state index contributed by atoms with van der Waals surface area (Å²) in [5.41, 5.74) is 4.60. The van der Waals surface area contributed by atoms with Gasteiger partial charge < -0.3 is 4.74 Å². The molecule has 0 unspecified atom stereocenters. The van der Waals surface area contributed by atoms with Gasteiger partial charge in [0, 0.05) is 43.1 Å². The van der Waals surface area contributed by atoms with Crippen LogP contribution in [0, 0.1) is 6.92 Å². The van der Waals surface area contributed by atoms with Gasteiger partial charge in [0.05, 0.1) is 24.4 Å². The van der Waals surface area contributed by atoms with Gasteiger partial charge in [0.1, 0.15) is 0 Å². The summed E-state index contributed by atoms with van der Waals surface area (Å²) in [5, 5.41) is 0. The molecule has 0 amide bonds. The fraction of sp³-hybridized carbons (Fsp3) is 0.550. The summed E-state index contributed by atoms with van der Waals surface area (Å²) in [6.45, 7) is 13.5. The van der Waals surface area contributed by atoms with Gasteiger partial charge in [0.25, 0.3) is 0 Å². The third-order valence-electron chi connectivity index (χ3n) is 4.94. The maximum Gasteiger partial charge on any atom is 0.0798 e. The number of hydrogen-bond donors (Lipinski definition) is 0. The number of aromatic nitrogens is 1. The molecule has 4 nitrogen and oxygen atoms in total. The molecular formula is C20H29N3OS. The third kappa shape index (κ3) is 5.11. The van der Waals surface area contributed by atoms with Crippen molar-refractivity contribution in [1.82, 2.24) is 14.8 Å². The molecule has 1 aliphatic heterocycles. The summed E-state index contributed by atoms with van der Waals surface area (Å²) >= 11 is 1.76. The molecule has 0 atom stereocenters. The monoisotopic (exact) mass is 359 g/mol. The number of rotatable bonds is 7. The molecule has 0 spiro atoms. The number of benzene rings is 1. The molecule has 1 aromatic carbocycles. The van der Waals surface area contributed by atoms with Crippen LogP contribution in [0.15, 0.2) is 35.8 Å². The topological polar surface area (TPSA) is 28.6 Å².